The molecule has 2 rings (SSSR count). The molecule has 0 radical (unpaired) electrons. The van der Waals surface area contributed by atoms with Crippen LogP contribution in [-0.2, 0) is 9.73 Å². The quantitative estimate of drug-likeness (QED) is 0.932. The van der Waals surface area contributed by atoms with Crippen molar-refractivity contribution < 1.29 is 8.60 Å². The minimum atomic E-state index is -3.23. The van der Waals surface area contributed by atoms with Crippen molar-refractivity contribution in [1.82, 2.24) is 4.98 Å². The molecule has 0 aliphatic heterocycles. The molecule has 1 N–H and O–H groups in total. The molecule has 0 bridgehead atoms. The molecule has 0 amide bonds. The van der Waals surface area contributed by atoms with Gasteiger partial charge in [0.25, 0.3) is 0 Å². The van der Waals surface area contributed by atoms with Crippen LogP contribution in [0.2, 0.25) is 5.02 Å². The number of nitrogens with one attached hydrogen (secondary N) is 1. The second kappa shape index (κ2) is 5.50. The summed E-state index contributed by atoms with van der Waals surface area (Å²) in [5, 5.41) is 1.35. The predicted molar refractivity (Wildman–Crippen MR) is 73.8 cm³/mol. The lowest BCUT2D eigenvalue weighted by molar-refractivity contribution is 0.618. The molecule has 0 fully saturated rings. The van der Waals surface area contributed by atoms with Gasteiger partial charge >= 0.3 is 0 Å². The van der Waals surface area contributed by atoms with Crippen molar-refractivity contribution in [3.63, 3.8) is 0 Å². The first-order valence-corrected chi connectivity index (χ1v) is 7.32. The van der Waals surface area contributed by atoms with E-state index in [1.165, 1.54) is 30.5 Å². The fourth-order valence-corrected chi connectivity index (χ4v) is 3.03. The first-order chi connectivity index (χ1) is 9.00. The van der Waals surface area contributed by atoms with Gasteiger partial charge in [0.2, 0.25) is 0 Å². The largest absolute Gasteiger partial charge is 0.254 e. The molecule has 2 aromatic rings. The van der Waals surface area contributed by atoms with Crippen molar-refractivity contribution in [3.8, 4) is 0 Å². The van der Waals surface area contributed by atoms with Gasteiger partial charge in [0.05, 0.1) is 25.3 Å². The van der Waals surface area contributed by atoms with Crippen molar-refractivity contribution in [2.75, 3.05) is 0 Å². The zero-order valence-corrected chi connectivity index (χ0v) is 11.3. The molecule has 0 spiro atoms. The van der Waals surface area contributed by atoms with Gasteiger partial charge in [-0.15, -0.1) is 0 Å². The molecule has 6 heteroatoms. The van der Waals surface area contributed by atoms with Crippen LogP contribution < -0.4 is 0 Å². The third kappa shape index (κ3) is 3.19. The van der Waals surface area contributed by atoms with E-state index in [0.717, 1.165) is 5.41 Å². The summed E-state index contributed by atoms with van der Waals surface area (Å²) < 4.78 is 33.4. The summed E-state index contributed by atoms with van der Waals surface area (Å²) in [6.07, 6.45) is 2.65. The van der Waals surface area contributed by atoms with Crippen LogP contribution in [0.5, 0.6) is 0 Å². The summed E-state index contributed by atoms with van der Waals surface area (Å²) >= 11 is 5.90. The number of halogens is 2. The molecule has 0 aliphatic rings. The maximum atomic E-state index is 13.4. The molecular weight excluding hydrogens is 287 g/mol. The third-order valence-electron chi connectivity index (χ3n) is 2.37. The Morgan fingerprint density at radius 3 is 2.68 bits per heavy atom. The Morgan fingerprint density at radius 1 is 1.26 bits per heavy atom. The van der Waals surface area contributed by atoms with Crippen LogP contribution in [0, 0.1) is 10.6 Å². The normalized spacial score (nSPS) is 14.4. The van der Waals surface area contributed by atoms with Gasteiger partial charge in [-0.05, 0) is 30.3 Å². The van der Waals surface area contributed by atoms with Crippen LogP contribution in [-0.4, -0.2) is 9.19 Å². The highest BCUT2D eigenvalue weighted by Crippen LogP contribution is 2.23. The lowest BCUT2D eigenvalue weighted by Crippen LogP contribution is -1.95. The van der Waals surface area contributed by atoms with Gasteiger partial charge in [-0.2, -0.15) is 0 Å². The first kappa shape index (κ1) is 13.7. The van der Waals surface area contributed by atoms with Gasteiger partial charge in [0.15, 0.2) is 0 Å². The molecule has 1 atom stereocenters. The molecule has 1 unspecified atom stereocenters. The smallest absolute Gasteiger partial charge is 0.148 e. The average Bonchev–Trinajstić information content (AvgIpc) is 2.38. The zero-order valence-electron chi connectivity index (χ0n) is 9.72. The van der Waals surface area contributed by atoms with Gasteiger partial charge < -0.3 is 0 Å². The number of hydrogen-bond acceptors (Lipinski definition) is 3. The van der Waals surface area contributed by atoms with E-state index in [4.69, 9.17) is 16.4 Å². The first-order valence-electron chi connectivity index (χ1n) is 5.33. The van der Waals surface area contributed by atoms with E-state index in [2.05, 4.69) is 4.98 Å². The fraction of sp³-hybridized carbons (Fsp3) is 0. The Hall–Kier alpha value is -1.72. The lowest BCUT2D eigenvalue weighted by Gasteiger charge is -2.04. The van der Waals surface area contributed by atoms with E-state index in [9.17, 15) is 8.60 Å². The van der Waals surface area contributed by atoms with E-state index in [1.807, 2.05) is 0 Å². The van der Waals surface area contributed by atoms with Crippen molar-refractivity contribution in [3.05, 3.63) is 64.5 Å². The number of rotatable bonds is 3. The zero-order chi connectivity index (χ0) is 13.9. The Bertz CT molecular complexity index is 729. The van der Waals surface area contributed by atoms with Crippen LogP contribution in [0.25, 0.3) is 6.08 Å². The van der Waals surface area contributed by atoms with Crippen LogP contribution >= 0.6 is 11.6 Å². The number of aromatic nitrogens is 1. The van der Waals surface area contributed by atoms with Gasteiger partial charge in [0, 0.05) is 11.6 Å². The maximum absolute atomic E-state index is 13.4. The van der Waals surface area contributed by atoms with Gasteiger partial charge in [-0.1, -0.05) is 23.7 Å². The Labute approximate surface area is 115 Å². The second-order valence-electron chi connectivity index (χ2n) is 3.70. The van der Waals surface area contributed by atoms with E-state index in [0.29, 0.717) is 0 Å². The van der Waals surface area contributed by atoms with Crippen LogP contribution in [0.3, 0.4) is 0 Å². The molecule has 3 nitrogen and oxygen atoms in total. The molecule has 98 valence electrons. The molecular formula is C13H10ClFN2OS. The van der Waals surface area contributed by atoms with Crippen molar-refractivity contribution in [2.24, 2.45) is 0 Å². The summed E-state index contributed by atoms with van der Waals surface area (Å²) in [6, 6.07) is 9.10. The highest BCUT2D eigenvalue weighted by molar-refractivity contribution is 7.95. The topological polar surface area (TPSA) is 53.8 Å². The second-order valence-corrected chi connectivity index (χ2v) is 6.02. The average molecular weight is 297 g/mol. The van der Waals surface area contributed by atoms with E-state index >= 15 is 0 Å². The number of benzene rings is 1. The molecule has 19 heavy (non-hydrogen) atoms. The lowest BCUT2D eigenvalue weighted by atomic mass is 10.3. The summed E-state index contributed by atoms with van der Waals surface area (Å²) in [7, 11) is -3.23. The predicted octanol–water partition coefficient (Wildman–Crippen LogP) is 3.95. The fourth-order valence-electron chi connectivity index (χ4n) is 1.44. The summed E-state index contributed by atoms with van der Waals surface area (Å²) in [6.45, 7) is 0. The van der Waals surface area contributed by atoms with E-state index in [1.54, 1.807) is 18.2 Å². The monoisotopic (exact) mass is 296 g/mol. The van der Waals surface area contributed by atoms with Crippen molar-refractivity contribution >= 4 is 27.4 Å². The third-order valence-corrected chi connectivity index (χ3v) is 4.34. The van der Waals surface area contributed by atoms with Gasteiger partial charge in [-0.25, -0.2) is 13.4 Å². The Balaban J connectivity index is 2.38. The molecule has 1 aromatic heterocycles. The van der Waals surface area contributed by atoms with E-state index < -0.39 is 15.5 Å². The number of hydrogen-bond donors (Lipinski definition) is 1. The highest BCUT2D eigenvalue weighted by atomic mass is 35.5. The Morgan fingerprint density at radius 2 is 2.00 bits per heavy atom. The summed E-state index contributed by atoms with van der Waals surface area (Å²) in [5.74, 6) is -0.534. The van der Waals surface area contributed by atoms with Crippen LogP contribution in [0.15, 0.2) is 52.9 Å². The van der Waals surface area contributed by atoms with Crippen LogP contribution in [0.1, 0.15) is 5.69 Å². The maximum Gasteiger partial charge on any atom is 0.148 e. The highest BCUT2D eigenvalue weighted by Gasteiger charge is 2.10. The minimum Gasteiger partial charge on any atom is -0.254 e. The summed E-state index contributed by atoms with van der Waals surface area (Å²) in [5.41, 5.74) is 0.0366. The number of nitrogens with zero attached hydrogens (tertiary/aromatic N) is 1. The van der Waals surface area contributed by atoms with E-state index in [-0.39, 0.29) is 15.6 Å². The van der Waals surface area contributed by atoms with Crippen molar-refractivity contribution in [1.29, 1.82) is 4.78 Å². The standard InChI is InChI=1S/C13H10ClFN2OS/c14-10-4-1-2-6-13(10)19(16,18)9-7-12-11(15)5-3-8-17-12/h1-9,16H/b9-7+. The summed E-state index contributed by atoms with van der Waals surface area (Å²) in [4.78, 5) is 3.99. The van der Waals surface area contributed by atoms with Crippen molar-refractivity contribution in [2.45, 2.75) is 4.90 Å². The molecule has 0 aliphatic carbocycles. The van der Waals surface area contributed by atoms with Crippen LogP contribution in [0.4, 0.5) is 4.39 Å². The SMILES string of the molecule is N=S(=O)(/C=C/c1ncccc1F)c1ccccc1Cl. The molecule has 0 saturated carbocycles. The van der Waals surface area contributed by atoms with Gasteiger partial charge in [0.1, 0.15) is 5.82 Å². The molecule has 0 saturated heterocycles. The molecule has 1 aromatic carbocycles. The molecule has 1 heterocycles. The Kier molecular flexibility index (Phi) is 3.97. The number of pyridine rings is 1. The minimum absolute atomic E-state index is 0.0366. The van der Waals surface area contributed by atoms with Gasteiger partial charge in [-0.3, -0.25) is 4.98 Å².